The minimum Gasteiger partial charge on any atom is -0.349 e. The smallest absolute Gasteiger partial charge is 0.220 e. The Morgan fingerprint density at radius 1 is 1.17 bits per heavy atom. The highest BCUT2D eigenvalue weighted by atomic mass is 35.5. The van der Waals surface area contributed by atoms with Gasteiger partial charge in [0.15, 0.2) is 5.82 Å². The van der Waals surface area contributed by atoms with Crippen LogP contribution >= 0.6 is 24.8 Å². The minimum atomic E-state index is 0. The van der Waals surface area contributed by atoms with E-state index in [-0.39, 0.29) is 36.8 Å². The summed E-state index contributed by atoms with van der Waals surface area (Å²) in [6, 6.07) is 0.195. The van der Waals surface area contributed by atoms with Crippen molar-refractivity contribution in [3.63, 3.8) is 0 Å². The van der Waals surface area contributed by atoms with Gasteiger partial charge >= 0.3 is 0 Å². The lowest BCUT2D eigenvalue weighted by molar-refractivity contribution is -0.122. The molecular formula is C15H27Cl2N5O. The van der Waals surface area contributed by atoms with Gasteiger partial charge in [0.1, 0.15) is 5.82 Å². The molecule has 2 aliphatic rings. The molecule has 1 saturated carbocycles. The van der Waals surface area contributed by atoms with E-state index in [1.807, 2.05) is 0 Å². The summed E-state index contributed by atoms with van der Waals surface area (Å²) in [5, 5.41) is 11.5. The van der Waals surface area contributed by atoms with Gasteiger partial charge in [0.05, 0.1) is 6.54 Å². The molecule has 1 aliphatic carbocycles. The number of aromatic nitrogens is 3. The number of carbonyl (C=O) groups is 1. The predicted octanol–water partition coefficient (Wildman–Crippen LogP) is 1.98. The zero-order valence-corrected chi connectivity index (χ0v) is 15.0. The molecule has 0 aromatic carbocycles. The number of fused-ring (bicyclic) bond motifs is 1. The van der Waals surface area contributed by atoms with E-state index < -0.39 is 0 Å². The third-order valence-electron chi connectivity index (χ3n) is 4.80. The molecule has 3 rings (SSSR count). The number of hydrogen-bond acceptors (Lipinski definition) is 4. The Morgan fingerprint density at radius 3 is 2.74 bits per heavy atom. The van der Waals surface area contributed by atoms with E-state index in [4.69, 9.17) is 5.73 Å². The van der Waals surface area contributed by atoms with Crippen LogP contribution in [0, 0.1) is 5.92 Å². The van der Waals surface area contributed by atoms with E-state index in [2.05, 4.69) is 20.1 Å². The molecule has 3 N–H and O–H groups in total. The Labute approximate surface area is 149 Å². The Balaban J connectivity index is 0.00000132. The van der Waals surface area contributed by atoms with Crippen LogP contribution in [0.4, 0.5) is 0 Å². The highest BCUT2D eigenvalue weighted by Crippen LogP contribution is 2.26. The number of nitrogens with one attached hydrogen (secondary N) is 1. The molecule has 6 nitrogen and oxygen atoms in total. The molecule has 8 heteroatoms. The van der Waals surface area contributed by atoms with E-state index >= 15 is 0 Å². The molecule has 0 spiro atoms. The predicted molar refractivity (Wildman–Crippen MR) is 93.9 cm³/mol. The van der Waals surface area contributed by atoms with Gasteiger partial charge in [0, 0.05) is 25.4 Å². The summed E-state index contributed by atoms with van der Waals surface area (Å²) < 4.78 is 2.18. The van der Waals surface area contributed by atoms with Crippen molar-refractivity contribution in [1.82, 2.24) is 20.1 Å². The molecule has 132 valence electrons. The van der Waals surface area contributed by atoms with Crippen molar-refractivity contribution in [2.45, 2.75) is 70.5 Å². The monoisotopic (exact) mass is 363 g/mol. The van der Waals surface area contributed by atoms with Crippen LogP contribution in [0.2, 0.25) is 0 Å². The number of hydrogen-bond donors (Lipinski definition) is 2. The first-order chi connectivity index (χ1) is 10.2. The topological polar surface area (TPSA) is 85.8 Å². The molecule has 1 fully saturated rings. The van der Waals surface area contributed by atoms with Gasteiger partial charge in [-0.15, -0.1) is 35.0 Å². The molecule has 1 aromatic heterocycles. The molecular weight excluding hydrogens is 337 g/mol. The maximum absolute atomic E-state index is 12.1. The molecule has 1 amide bonds. The molecule has 2 heterocycles. The van der Waals surface area contributed by atoms with Crippen molar-refractivity contribution in [2.24, 2.45) is 11.7 Å². The van der Waals surface area contributed by atoms with Crippen molar-refractivity contribution >= 4 is 30.7 Å². The molecule has 23 heavy (non-hydrogen) atoms. The number of aryl methyl sites for hydroxylation is 1. The maximum Gasteiger partial charge on any atom is 0.220 e. The van der Waals surface area contributed by atoms with E-state index in [0.29, 0.717) is 18.9 Å². The molecule has 1 aliphatic heterocycles. The number of amides is 1. The van der Waals surface area contributed by atoms with Gasteiger partial charge in [-0.25, -0.2) is 0 Å². The van der Waals surface area contributed by atoms with Gasteiger partial charge in [-0.3, -0.25) is 4.79 Å². The Morgan fingerprint density at radius 2 is 2.00 bits per heavy atom. The van der Waals surface area contributed by atoms with Crippen LogP contribution < -0.4 is 11.1 Å². The van der Waals surface area contributed by atoms with Gasteiger partial charge in [-0.05, 0) is 31.6 Å². The third kappa shape index (κ3) is 5.06. The fourth-order valence-electron chi connectivity index (χ4n) is 3.48. The number of halogens is 2. The van der Waals surface area contributed by atoms with Gasteiger partial charge in [0.2, 0.25) is 5.91 Å². The second-order valence-electron chi connectivity index (χ2n) is 6.33. The second kappa shape index (κ2) is 9.45. The summed E-state index contributed by atoms with van der Waals surface area (Å²) in [4.78, 5) is 12.1. The summed E-state index contributed by atoms with van der Waals surface area (Å²) in [7, 11) is 0. The largest absolute Gasteiger partial charge is 0.349 e. The SMILES string of the molecule is Cl.Cl.N[C@@H]1CCC[C@H]1CC(=O)NCc1nnc2n1CCCCC2. The summed E-state index contributed by atoms with van der Waals surface area (Å²) in [6.45, 7) is 1.45. The van der Waals surface area contributed by atoms with Crippen molar-refractivity contribution in [2.75, 3.05) is 0 Å². The molecule has 0 radical (unpaired) electrons. The highest BCUT2D eigenvalue weighted by Gasteiger charge is 2.26. The summed E-state index contributed by atoms with van der Waals surface area (Å²) in [5.41, 5.74) is 6.02. The van der Waals surface area contributed by atoms with Crippen LogP contribution in [0.1, 0.15) is 56.6 Å². The number of nitrogens with two attached hydrogens (primary N) is 1. The first kappa shape index (κ1) is 20.2. The quantitative estimate of drug-likeness (QED) is 0.856. The van der Waals surface area contributed by atoms with Crippen molar-refractivity contribution in [3.05, 3.63) is 11.6 Å². The van der Waals surface area contributed by atoms with Crippen LogP contribution in [-0.4, -0.2) is 26.7 Å². The van der Waals surface area contributed by atoms with E-state index in [0.717, 1.165) is 43.9 Å². The third-order valence-corrected chi connectivity index (χ3v) is 4.80. The van der Waals surface area contributed by atoms with Gasteiger partial charge < -0.3 is 15.6 Å². The lowest BCUT2D eigenvalue weighted by Gasteiger charge is -2.14. The fraction of sp³-hybridized carbons (Fsp3) is 0.800. The zero-order chi connectivity index (χ0) is 14.7. The Hall–Kier alpha value is -0.850. The molecule has 1 aromatic rings. The fourth-order valence-corrected chi connectivity index (χ4v) is 3.48. The molecule has 2 atom stereocenters. The first-order valence-electron chi connectivity index (χ1n) is 8.17. The van der Waals surface area contributed by atoms with Gasteiger partial charge in [-0.2, -0.15) is 0 Å². The molecule has 0 bridgehead atoms. The van der Waals surface area contributed by atoms with Crippen LogP contribution in [-0.2, 0) is 24.3 Å². The normalized spacial score (nSPS) is 23.2. The van der Waals surface area contributed by atoms with Crippen LogP contribution in [0.3, 0.4) is 0 Å². The van der Waals surface area contributed by atoms with Gasteiger partial charge in [0.25, 0.3) is 0 Å². The Bertz CT molecular complexity index is 508. The summed E-state index contributed by atoms with van der Waals surface area (Å²) in [5.74, 6) is 2.38. The lowest BCUT2D eigenvalue weighted by atomic mass is 10.00. The molecule has 0 saturated heterocycles. The minimum absolute atomic E-state index is 0. The lowest BCUT2D eigenvalue weighted by Crippen LogP contribution is -2.32. The zero-order valence-electron chi connectivity index (χ0n) is 13.4. The van der Waals surface area contributed by atoms with Gasteiger partial charge in [-0.1, -0.05) is 12.8 Å². The first-order valence-corrected chi connectivity index (χ1v) is 8.17. The average molecular weight is 364 g/mol. The number of carbonyl (C=O) groups excluding carboxylic acids is 1. The van der Waals surface area contributed by atoms with Crippen molar-refractivity contribution in [1.29, 1.82) is 0 Å². The maximum atomic E-state index is 12.1. The van der Waals surface area contributed by atoms with E-state index in [9.17, 15) is 4.79 Å². The standard InChI is InChI=1S/C15H25N5O.2ClH/c16-12-6-4-5-11(12)9-15(21)17-10-14-19-18-13-7-2-1-3-8-20(13)14;;/h11-12H,1-10,16H2,(H,17,21);2*1H/t11-,12+;;/m0../s1. The average Bonchev–Trinajstić information content (AvgIpc) is 2.96. The highest BCUT2D eigenvalue weighted by molar-refractivity contribution is 5.85. The van der Waals surface area contributed by atoms with E-state index in [1.54, 1.807) is 0 Å². The van der Waals surface area contributed by atoms with Crippen LogP contribution in [0.15, 0.2) is 0 Å². The number of rotatable bonds is 4. The van der Waals surface area contributed by atoms with E-state index in [1.165, 1.54) is 19.3 Å². The van der Waals surface area contributed by atoms with Crippen LogP contribution in [0.5, 0.6) is 0 Å². The molecule has 0 unspecified atom stereocenters. The Kier molecular flexibility index (Phi) is 8.29. The summed E-state index contributed by atoms with van der Waals surface area (Å²) >= 11 is 0. The number of nitrogens with zero attached hydrogens (tertiary/aromatic N) is 3. The van der Waals surface area contributed by atoms with Crippen LogP contribution in [0.25, 0.3) is 0 Å². The summed E-state index contributed by atoms with van der Waals surface area (Å²) in [6.07, 6.45) is 8.42. The van der Waals surface area contributed by atoms with Crippen molar-refractivity contribution in [3.8, 4) is 0 Å². The second-order valence-corrected chi connectivity index (χ2v) is 6.33. The van der Waals surface area contributed by atoms with Crippen molar-refractivity contribution < 1.29 is 4.79 Å².